The molecule has 0 amide bonds. The third kappa shape index (κ3) is 5.00. The second kappa shape index (κ2) is 9.02. The molecule has 7 nitrogen and oxygen atoms in total. The monoisotopic (exact) mass is 443 g/mol. The number of rotatable bonds is 7. The van der Waals surface area contributed by atoms with Crippen LogP contribution in [0.5, 0.6) is 0 Å². The molecule has 2 aromatic rings. The lowest BCUT2D eigenvalue weighted by atomic mass is 10.4. The maximum absolute atomic E-state index is 12.7. The Morgan fingerprint density at radius 1 is 0.964 bits per heavy atom. The van der Waals surface area contributed by atoms with Crippen molar-refractivity contribution < 1.29 is 16.8 Å². The summed E-state index contributed by atoms with van der Waals surface area (Å²) in [6, 6.07) is 8.70. The van der Waals surface area contributed by atoms with Crippen molar-refractivity contribution in [2.24, 2.45) is 5.73 Å². The van der Waals surface area contributed by atoms with Crippen LogP contribution in [0.4, 0.5) is 0 Å². The molecule has 2 heterocycles. The molecule has 3 rings (SSSR count). The van der Waals surface area contributed by atoms with Crippen LogP contribution >= 0.6 is 11.3 Å². The fourth-order valence-electron chi connectivity index (χ4n) is 3.05. The first-order valence-electron chi connectivity index (χ1n) is 9.13. The summed E-state index contributed by atoms with van der Waals surface area (Å²) in [5.74, 6) is 0.0177. The van der Waals surface area contributed by atoms with Crippen LogP contribution in [-0.4, -0.2) is 60.2 Å². The van der Waals surface area contributed by atoms with E-state index < -0.39 is 19.7 Å². The van der Waals surface area contributed by atoms with Crippen LogP contribution in [0.2, 0.25) is 0 Å². The van der Waals surface area contributed by atoms with Crippen molar-refractivity contribution in [1.29, 1.82) is 0 Å². The van der Waals surface area contributed by atoms with Gasteiger partial charge < -0.3 is 16.0 Å². The lowest BCUT2D eigenvalue weighted by Gasteiger charge is -2.19. The smallest absolute Gasteiger partial charge is 0.215 e. The van der Waals surface area contributed by atoms with Gasteiger partial charge in [-0.05, 0) is 55.9 Å². The molecule has 1 fully saturated rings. The molecule has 0 atom stereocenters. The van der Waals surface area contributed by atoms with Crippen molar-refractivity contribution in [3.63, 3.8) is 0 Å². The van der Waals surface area contributed by atoms with E-state index in [4.69, 9.17) is 5.73 Å². The van der Waals surface area contributed by atoms with E-state index in [2.05, 4.69) is 10.2 Å². The number of hydrogen-bond acceptors (Lipinski definition) is 8. The highest BCUT2D eigenvalue weighted by Gasteiger charge is 2.22. The van der Waals surface area contributed by atoms with Crippen LogP contribution in [0.3, 0.4) is 0 Å². The van der Waals surface area contributed by atoms with Crippen molar-refractivity contribution in [2.75, 3.05) is 38.5 Å². The number of benzene rings is 1. The molecular formula is C18H25N3O4S3. The Hall–Kier alpha value is -1.30. The van der Waals surface area contributed by atoms with Gasteiger partial charge in [0.15, 0.2) is 9.84 Å². The summed E-state index contributed by atoms with van der Waals surface area (Å²) in [5, 5.41) is 3.29. The highest BCUT2D eigenvalue weighted by Crippen LogP contribution is 2.28. The first-order chi connectivity index (χ1) is 13.3. The number of sulfone groups is 2. The van der Waals surface area contributed by atoms with Crippen LogP contribution in [-0.2, 0) is 26.2 Å². The Labute approximate surface area is 170 Å². The van der Waals surface area contributed by atoms with Crippen LogP contribution in [0.25, 0.3) is 0 Å². The highest BCUT2D eigenvalue weighted by molar-refractivity contribution is 7.93. The SMILES string of the molecule is NCc1ccc(S(=O)(=O)c2ccc(S(=O)(=O)CCN3CCCNCC3)cc2)s1. The fraction of sp³-hybridized carbons (Fsp3) is 0.444. The number of nitrogens with zero attached hydrogens (tertiary/aromatic N) is 1. The summed E-state index contributed by atoms with van der Waals surface area (Å²) in [7, 11) is -7.14. The maximum Gasteiger partial charge on any atom is 0.215 e. The largest absolute Gasteiger partial charge is 0.326 e. The van der Waals surface area contributed by atoms with Gasteiger partial charge in [0, 0.05) is 31.1 Å². The molecule has 0 radical (unpaired) electrons. The van der Waals surface area contributed by atoms with E-state index in [0.717, 1.165) is 48.8 Å². The Morgan fingerprint density at radius 3 is 2.36 bits per heavy atom. The average Bonchev–Trinajstić information content (AvgIpc) is 3.04. The van der Waals surface area contributed by atoms with E-state index in [-0.39, 0.29) is 26.3 Å². The van der Waals surface area contributed by atoms with Gasteiger partial charge in [-0.1, -0.05) is 0 Å². The van der Waals surface area contributed by atoms with Crippen molar-refractivity contribution in [3.8, 4) is 0 Å². The number of nitrogens with two attached hydrogens (primary N) is 1. The summed E-state index contributed by atoms with van der Waals surface area (Å²) in [4.78, 5) is 3.15. The Morgan fingerprint density at radius 2 is 1.68 bits per heavy atom. The zero-order valence-corrected chi connectivity index (χ0v) is 18.0. The third-order valence-corrected chi connectivity index (χ3v) is 9.78. The van der Waals surface area contributed by atoms with E-state index >= 15 is 0 Å². The topological polar surface area (TPSA) is 110 Å². The van der Waals surface area contributed by atoms with Gasteiger partial charge in [-0.2, -0.15) is 0 Å². The zero-order valence-electron chi connectivity index (χ0n) is 15.5. The molecule has 1 aliphatic heterocycles. The van der Waals surface area contributed by atoms with E-state index in [1.54, 1.807) is 6.07 Å². The molecule has 3 N–H and O–H groups in total. The molecule has 1 aromatic heterocycles. The van der Waals surface area contributed by atoms with Crippen molar-refractivity contribution in [1.82, 2.24) is 10.2 Å². The van der Waals surface area contributed by atoms with E-state index in [1.165, 1.54) is 30.3 Å². The lowest BCUT2D eigenvalue weighted by Crippen LogP contribution is -2.32. The van der Waals surface area contributed by atoms with Gasteiger partial charge in [0.05, 0.1) is 15.5 Å². The molecule has 0 aliphatic carbocycles. The van der Waals surface area contributed by atoms with Crippen molar-refractivity contribution >= 4 is 31.0 Å². The summed E-state index contributed by atoms with van der Waals surface area (Å²) in [6.07, 6.45) is 1.00. The van der Waals surface area contributed by atoms with Gasteiger partial charge in [-0.3, -0.25) is 0 Å². The normalized spacial score (nSPS) is 16.8. The van der Waals surface area contributed by atoms with Crippen molar-refractivity contribution in [2.45, 2.75) is 27.0 Å². The van der Waals surface area contributed by atoms with E-state index in [9.17, 15) is 16.8 Å². The summed E-state index contributed by atoms with van der Waals surface area (Å²) in [5.41, 5.74) is 5.55. The summed E-state index contributed by atoms with van der Waals surface area (Å²) < 4.78 is 50.9. The zero-order chi connectivity index (χ0) is 20.2. The van der Waals surface area contributed by atoms with Crippen LogP contribution in [0, 0.1) is 0 Å². The maximum atomic E-state index is 12.7. The van der Waals surface area contributed by atoms with Gasteiger partial charge in [0.1, 0.15) is 4.21 Å². The molecule has 0 unspecified atom stereocenters. The Balaban J connectivity index is 1.71. The van der Waals surface area contributed by atoms with Crippen molar-refractivity contribution in [3.05, 3.63) is 41.3 Å². The molecule has 1 aromatic carbocycles. The molecule has 10 heteroatoms. The number of nitrogens with one attached hydrogen (secondary N) is 1. The Kier molecular flexibility index (Phi) is 6.89. The van der Waals surface area contributed by atoms with Gasteiger partial charge in [-0.15, -0.1) is 11.3 Å². The second-order valence-electron chi connectivity index (χ2n) is 6.66. The molecule has 1 saturated heterocycles. The standard InChI is InChI=1S/C18H25N3O4S3/c19-14-15-2-7-18(26-15)28(24,25)17-5-3-16(4-6-17)27(22,23)13-12-21-10-1-8-20-9-11-21/h2-7,20H,1,8-14,19H2. The molecule has 154 valence electrons. The molecule has 0 bridgehead atoms. The van der Waals surface area contributed by atoms with E-state index in [1.807, 2.05) is 0 Å². The van der Waals surface area contributed by atoms with Gasteiger partial charge in [0.25, 0.3) is 0 Å². The minimum atomic E-state index is -3.67. The molecule has 0 spiro atoms. The average molecular weight is 444 g/mol. The third-order valence-electron chi connectivity index (χ3n) is 4.71. The van der Waals surface area contributed by atoms with Crippen LogP contribution < -0.4 is 11.1 Å². The number of thiophene rings is 1. The summed E-state index contributed by atoms with van der Waals surface area (Å²) in [6.45, 7) is 4.28. The summed E-state index contributed by atoms with van der Waals surface area (Å²) >= 11 is 1.13. The van der Waals surface area contributed by atoms with Crippen LogP contribution in [0.1, 0.15) is 11.3 Å². The quantitative estimate of drug-likeness (QED) is 0.660. The van der Waals surface area contributed by atoms with Gasteiger partial charge in [0.2, 0.25) is 9.84 Å². The first kappa shape index (κ1) is 21.4. The molecule has 0 saturated carbocycles. The molecule has 28 heavy (non-hydrogen) atoms. The Bertz CT molecular complexity index is 991. The van der Waals surface area contributed by atoms with Gasteiger partial charge >= 0.3 is 0 Å². The predicted octanol–water partition coefficient (Wildman–Crippen LogP) is 1.11. The lowest BCUT2D eigenvalue weighted by molar-refractivity contribution is 0.309. The van der Waals surface area contributed by atoms with Gasteiger partial charge in [-0.25, -0.2) is 16.8 Å². The minimum Gasteiger partial charge on any atom is -0.326 e. The molecular weight excluding hydrogens is 418 g/mol. The first-order valence-corrected chi connectivity index (χ1v) is 13.1. The number of hydrogen-bond donors (Lipinski definition) is 2. The second-order valence-corrected chi connectivity index (χ2v) is 12.1. The highest BCUT2D eigenvalue weighted by atomic mass is 32.2. The van der Waals surface area contributed by atoms with Crippen LogP contribution in [0.15, 0.2) is 50.4 Å². The predicted molar refractivity (Wildman–Crippen MR) is 110 cm³/mol. The minimum absolute atomic E-state index is 0.0177. The fourth-order valence-corrected chi connectivity index (χ4v) is 6.97. The molecule has 1 aliphatic rings. The van der Waals surface area contributed by atoms with E-state index in [0.29, 0.717) is 6.54 Å².